The highest BCUT2D eigenvalue weighted by molar-refractivity contribution is 7.91. The van der Waals surface area contributed by atoms with Crippen LogP contribution in [0.5, 0.6) is 5.75 Å². The molecule has 3 aromatic rings. The fourth-order valence-electron chi connectivity index (χ4n) is 2.17. The Balaban J connectivity index is 1.69. The normalized spacial score (nSPS) is 11.4. The van der Waals surface area contributed by atoms with Gasteiger partial charge in [0.15, 0.2) is 9.84 Å². The van der Waals surface area contributed by atoms with E-state index in [1.54, 1.807) is 12.1 Å². The average molecular weight is 344 g/mol. The number of methoxy groups -OCH3 is 1. The number of sulfone groups is 1. The van der Waals surface area contributed by atoms with Crippen molar-refractivity contribution in [2.24, 2.45) is 0 Å². The number of ether oxygens (including phenoxy) is 1. The van der Waals surface area contributed by atoms with E-state index in [1.165, 1.54) is 19.2 Å². The zero-order valence-electron chi connectivity index (χ0n) is 13.0. The Labute approximate surface area is 140 Å². The molecule has 0 amide bonds. The molecule has 7 heteroatoms. The molecule has 0 saturated carbocycles. The molecule has 0 unspecified atom stereocenters. The van der Waals surface area contributed by atoms with Gasteiger partial charge in [0, 0.05) is 12.0 Å². The van der Waals surface area contributed by atoms with Gasteiger partial charge in [0.05, 0.1) is 17.8 Å². The van der Waals surface area contributed by atoms with Crippen LogP contribution in [0.4, 0.5) is 0 Å². The Morgan fingerprint density at radius 1 is 1.00 bits per heavy atom. The topological polar surface area (TPSA) is 82.3 Å². The predicted octanol–water partition coefficient (Wildman–Crippen LogP) is 2.76. The van der Waals surface area contributed by atoms with Crippen LogP contribution in [0, 0.1) is 0 Å². The van der Waals surface area contributed by atoms with Gasteiger partial charge in [0.2, 0.25) is 11.8 Å². The Morgan fingerprint density at radius 3 is 2.38 bits per heavy atom. The summed E-state index contributed by atoms with van der Waals surface area (Å²) in [6.07, 6.45) is 0.161. The third-order valence-corrected chi connectivity index (χ3v) is 5.22. The summed E-state index contributed by atoms with van der Waals surface area (Å²) in [5.74, 6) is 1.19. The first kappa shape index (κ1) is 16.2. The van der Waals surface area contributed by atoms with Gasteiger partial charge in [-0.1, -0.05) is 18.2 Å². The number of nitrogens with zero attached hydrogens (tertiary/aromatic N) is 2. The van der Waals surface area contributed by atoms with Gasteiger partial charge in [0.1, 0.15) is 5.75 Å². The van der Waals surface area contributed by atoms with Crippen LogP contribution in [0.25, 0.3) is 11.5 Å². The van der Waals surface area contributed by atoms with Crippen LogP contribution < -0.4 is 4.74 Å². The highest BCUT2D eigenvalue weighted by Gasteiger charge is 2.17. The van der Waals surface area contributed by atoms with Crippen molar-refractivity contribution in [2.75, 3.05) is 12.9 Å². The lowest BCUT2D eigenvalue weighted by Gasteiger charge is -2.04. The molecule has 0 N–H and O–H groups in total. The van der Waals surface area contributed by atoms with Gasteiger partial charge in [-0.2, -0.15) is 0 Å². The van der Waals surface area contributed by atoms with Crippen LogP contribution in [-0.4, -0.2) is 31.5 Å². The Hall–Kier alpha value is -2.67. The van der Waals surface area contributed by atoms with E-state index in [-0.39, 0.29) is 17.1 Å². The van der Waals surface area contributed by atoms with Gasteiger partial charge in [-0.3, -0.25) is 0 Å². The lowest BCUT2D eigenvalue weighted by molar-refractivity contribution is 0.414. The quantitative estimate of drug-likeness (QED) is 0.684. The molecule has 0 aliphatic heterocycles. The van der Waals surface area contributed by atoms with Crippen molar-refractivity contribution in [2.45, 2.75) is 11.3 Å². The van der Waals surface area contributed by atoms with Crippen LogP contribution in [0.2, 0.25) is 0 Å². The largest absolute Gasteiger partial charge is 0.497 e. The second-order valence-electron chi connectivity index (χ2n) is 5.11. The van der Waals surface area contributed by atoms with E-state index in [2.05, 4.69) is 10.2 Å². The van der Waals surface area contributed by atoms with Gasteiger partial charge >= 0.3 is 0 Å². The molecule has 0 atom stereocenters. The Morgan fingerprint density at radius 2 is 1.71 bits per heavy atom. The lowest BCUT2D eigenvalue weighted by atomic mass is 10.2. The standard InChI is InChI=1S/C17H16N2O4S/c1-22-14-7-9-15(10-8-14)24(20,21)12-11-16-18-19-17(23-16)13-5-3-2-4-6-13/h2-10H,11-12H2,1H3. The summed E-state index contributed by atoms with van der Waals surface area (Å²) < 4.78 is 35.3. The minimum Gasteiger partial charge on any atom is -0.497 e. The molecular weight excluding hydrogens is 328 g/mol. The zero-order chi connectivity index (χ0) is 17.0. The first-order chi connectivity index (χ1) is 11.6. The summed E-state index contributed by atoms with van der Waals surface area (Å²) >= 11 is 0. The maximum absolute atomic E-state index is 12.4. The molecule has 24 heavy (non-hydrogen) atoms. The van der Waals surface area contributed by atoms with E-state index in [9.17, 15) is 8.42 Å². The highest BCUT2D eigenvalue weighted by Crippen LogP contribution is 2.19. The summed E-state index contributed by atoms with van der Waals surface area (Å²) in [6.45, 7) is 0. The van der Waals surface area contributed by atoms with E-state index < -0.39 is 9.84 Å². The van der Waals surface area contributed by atoms with Crippen molar-refractivity contribution < 1.29 is 17.6 Å². The number of benzene rings is 2. The molecule has 0 bridgehead atoms. The molecule has 1 heterocycles. The molecule has 2 aromatic carbocycles. The van der Waals surface area contributed by atoms with Gasteiger partial charge in [0.25, 0.3) is 0 Å². The summed E-state index contributed by atoms with van der Waals surface area (Å²) in [5.41, 5.74) is 0.800. The zero-order valence-corrected chi connectivity index (χ0v) is 13.9. The highest BCUT2D eigenvalue weighted by atomic mass is 32.2. The Kier molecular flexibility index (Phi) is 4.61. The minimum absolute atomic E-state index is 0.101. The van der Waals surface area contributed by atoms with Crippen LogP contribution >= 0.6 is 0 Å². The average Bonchev–Trinajstić information content (AvgIpc) is 3.10. The second-order valence-corrected chi connectivity index (χ2v) is 7.22. The molecule has 0 spiro atoms. The summed E-state index contributed by atoms with van der Waals surface area (Å²) in [4.78, 5) is 0.242. The van der Waals surface area contributed by atoms with E-state index in [1.807, 2.05) is 30.3 Å². The van der Waals surface area contributed by atoms with Crippen molar-refractivity contribution in [1.29, 1.82) is 0 Å². The van der Waals surface area contributed by atoms with Crippen molar-refractivity contribution >= 4 is 9.84 Å². The van der Waals surface area contributed by atoms with Gasteiger partial charge in [-0.25, -0.2) is 8.42 Å². The number of hydrogen-bond acceptors (Lipinski definition) is 6. The SMILES string of the molecule is COc1ccc(S(=O)(=O)CCc2nnc(-c3ccccc3)o2)cc1. The van der Waals surface area contributed by atoms with Crippen molar-refractivity contribution in [1.82, 2.24) is 10.2 Å². The molecule has 0 saturated heterocycles. The molecule has 124 valence electrons. The molecule has 3 rings (SSSR count). The fraction of sp³-hybridized carbons (Fsp3) is 0.176. The van der Waals surface area contributed by atoms with E-state index in [0.717, 1.165) is 5.56 Å². The van der Waals surface area contributed by atoms with E-state index in [4.69, 9.17) is 9.15 Å². The maximum atomic E-state index is 12.4. The van der Waals surface area contributed by atoms with Gasteiger partial charge in [-0.15, -0.1) is 10.2 Å². The van der Waals surface area contributed by atoms with Crippen LogP contribution in [0.3, 0.4) is 0 Å². The van der Waals surface area contributed by atoms with Crippen molar-refractivity contribution in [3.05, 3.63) is 60.5 Å². The predicted molar refractivity (Wildman–Crippen MR) is 88.5 cm³/mol. The molecular formula is C17H16N2O4S. The van der Waals surface area contributed by atoms with Crippen LogP contribution in [0.15, 0.2) is 63.9 Å². The molecule has 1 aromatic heterocycles. The third-order valence-electron chi connectivity index (χ3n) is 3.49. The second kappa shape index (κ2) is 6.84. The summed E-state index contributed by atoms with van der Waals surface area (Å²) in [5, 5.41) is 7.87. The molecule has 0 radical (unpaired) electrons. The monoisotopic (exact) mass is 344 g/mol. The van der Waals surface area contributed by atoms with Crippen LogP contribution in [-0.2, 0) is 16.3 Å². The lowest BCUT2D eigenvalue weighted by Crippen LogP contribution is -2.09. The summed E-state index contributed by atoms with van der Waals surface area (Å²) in [7, 11) is -1.89. The molecule has 0 fully saturated rings. The first-order valence-electron chi connectivity index (χ1n) is 7.33. The molecule has 0 aliphatic rings. The van der Waals surface area contributed by atoms with E-state index in [0.29, 0.717) is 17.5 Å². The first-order valence-corrected chi connectivity index (χ1v) is 8.98. The van der Waals surface area contributed by atoms with Crippen LogP contribution in [0.1, 0.15) is 5.89 Å². The van der Waals surface area contributed by atoms with Crippen molar-refractivity contribution in [3.8, 4) is 17.2 Å². The fourth-order valence-corrected chi connectivity index (χ4v) is 3.40. The summed E-state index contributed by atoms with van der Waals surface area (Å²) in [6, 6.07) is 15.6. The van der Waals surface area contributed by atoms with Gasteiger partial charge in [-0.05, 0) is 36.4 Å². The van der Waals surface area contributed by atoms with Gasteiger partial charge < -0.3 is 9.15 Å². The minimum atomic E-state index is -3.42. The Bertz CT molecular complexity index is 903. The smallest absolute Gasteiger partial charge is 0.247 e. The number of hydrogen-bond donors (Lipinski definition) is 0. The molecule has 0 aliphatic carbocycles. The number of aromatic nitrogens is 2. The number of aryl methyl sites for hydroxylation is 1. The third kappa shape index (κ3) is 3.62. The van der Waals surface area contributed by atoms with Crippen molar-refractivity contribution in [3.63, 3.8) is 0 Å². The maximum Gasteiger partial charge on any atom is 0.247 e. The molecule has 6 nitrogen and oxygen atoms in total. The number of rotatable bonds is 6. The van der Waals surface area contributed by atoms with E-state index >= 15 is 0 Å².